The molecule has 14 heavy (non-hydrogen) atoms. The molecule has 0 amide bonds. The topological polar surface area (TPSA) is 41.3 Å². The Labute approximate surface area is 85.1 Å². The summed E-state index contributed by atoms with van der Waals surface area (Å²) in [6.45, 7) is 7.38. The van der Waals surface area contributed by atoms with Gasteiger partial charge in [0.25, 0.3) is 0 Å². The molecule has 1 aromatic rings. The van der Waals surface area contributed by atoms with Gasteiger partial charge in [-0.2, -0.15) is 5.10 Å². The Morgan fingerprint density at radius 2 is 2.21 bits per heavy atom. The zero-order valence-corrected chi connectivity index (χ0v) is 8.85. The van der Waals surface area contributed by atoms with Gasteiger partial charge in [0, 0.05) is 12.7 Å². The zero-order valence-electron chi connectivity index (χ0n) is 8.85. The van der Waals surface area contributed by atoms with Crippen LogP contribution in [0.3, 0.4) is 0 Å². The molecule has 1 N–H and O–H groups in total. The SMILES string of the molecule is CCN(CC)C[C@@H](O)Cn1cc[c]n1. The van der Waals surface area contributed by atoms with E-state index in [1.54, 1.807) is 10.7 Å². The predicted molar refractivity (Wildman–Crippen MR) is 54.9 cm³/mol. The maximum atomic E-state index is 9.74. The van der Waals surface area contributed by atoms with Gasteiger partial charge in [-0.25, -0.2) is 0 Å². The summed E-state index contributed by atoms with van der Waals surface area (Å²) in [4.78, 5) is 2.19. The van der Waals surface area contributed by atoms with Crippen molar-refractivity contribution < 1.29 is 5.11 Å². The minimum atomic E-state index is -0.358. The van der Waals surface area contributed by atoms with Crippen LogP contribution in [0.15, 0.2) is 12.3 Å². The molecule has 0 unspecified atom stereocenters. The lowest BCUT2D eigenvalue weighted by molar-refractivity contribution is 0.0997. The molecule has 1 atom stereocenters. The van der Waals surface area contributed by atoms with E-state index >= 15 is 0 Å². The van der Waals surface area contributed by atoms with Crippen LogP contribution in [-0.2, 0) is 6.54 Å². The molecule has 0 bridgehead atoms. The summed E-state index contributed by atoms with van der Waals surface area (Å²) < 4.78 is 1.70. The molecule has 1 heterocycles. The molecule has 0 aromatic carbocycles. The third-order valence-electron chi connectivity index (χ3n) is 2.27. The summed E-state index contributed by atoms with van der Waals surface area (Å²) in [6.07, 6.45) is 4.16. The van der Waals surface area contributed by atoms with Crippen LogP contribution in [0.25, 0.3) is 0 Å². The number of nitrogens with zero attached hydrogens (tertiary/aromatic N) is 3. The summed E-state index contributed by atoms with van der Waals surface area (Å²) in [6, 6.07) is 1.74. The Morgan fingerprint density at radius 1 is 1.50 bits per heavy atom. The van der Waals surface area contributed by atoms with Crippen LogP contribution in [0, 0.1) is 6.20 Å². The predicted octanol–water partition coefficient (Wildman–Crippen LogP) is 0.386. The number of rotatable bonds is 6. The minimum absolute atomic E-state index is 0.358. The second-order valence-electron chi connectivity index (χ2n) is 3.31. The lowest BCUT2D eigenvalue weighted by atomic mass is 10.3. The van der Waals surface area contributed by atoms with Gasteiger partial charge in [-0.1, -0.05) is 13.8 Å². The van der Waals surface area contributed by atoms with E-state index < -0.39 is 0 Å². The quantitative estimate of drug-likeness (QED) is 0.715. The number of aliphatic hydroxyl groups excluding tert-OH is 1. The second-order valence-corrected chi connectivity index (χ2v) is 3.31. The van der Waals surface area contributed by atoms with E-state index in [2.05, 4.69) is 30.0 Å². The molecule has 0 aliphatic heterocycles. The van der Waals surface area contributed by atoms with Crippen molar-refractivity contribution in [1.29, 1.82) is 0 Å². The largest absolute Gasteiger partial charge is 0.390 e. The van der Waals surface area contributed by atoms with Gasteiger partial charge in [0.15, 0.2) is 0 Å². The van der Waals surface area contributed by atoms with Gasteiger partial charge in [0.05, 0.1) is 12.6 Å². The normalized spacial score (nSPS) is 13.4. The van der Waals surface area contributed by atoms with Gasteiger partial charge in [-0.15, -0.1) is 0 Å². The maximum Gasteiger partial charge on any atom is 0.113 e. The van der Waals surface area contributed by atoms with Crippen molar-refractivity contribution in [2.24, 2.45) is 0 Å². The Balaban J connectivity index is 2.31. The first kappa shape index (κ1) is 11.2. The van der Waals surface area contributed by atoms with Gasteiger partial charge in [0.1, 0.15) is 6.20 Å². The molecule has 0 spiro atoms. The average Bonchev–Trinajstić information content (AvgIpc) is 2.66. The van der Waals surface area contributed by atoms with Crippen molar-refractivity contribution in [2.75, 3.05) is 19.6 Å². The molecule has 0 fully saturated rings. The van der Waals surface area contributed by atoms with E-state index in [-0.39, 0.29) is 6.10 Å². The Morgan fingerprint density at radius 3 is 2.71 bits per heavy atom. The third kappa shape index (κ3) is 3.47. The number of aliphatic hydroxyl groups is 1. The number of likely N-dealkylation sites (N-methyl/N-ethyl adjacent to an activating group) is 1. The number of hydrogen-bond donors (Lipinski definition) is 1. The van der Waals surface area contributed by atoms with E-state index in [9.17, 15) is 5.11 Å². The average molecular weight is 196 g/mol. The standard InChI is InChI=1S/C10H18N3O/c1-3-12(4-2)8-10(14)9-13-7-5-6-11-13/h5,7,10,14H,3-4,8-9H2,1-2H3/t10-/m1/s1. The van der Waals surface area contributed by atoms with Gasteiger partial charge in [-0.05, 0) is 19.2 Å². The van der Waals surface area contributed by atoms with Crippen molar-refractivity contribution in [1.82, 2.24) is 14.7 Å². The first-order valence-corrected chi connectivity index (χ1v) is 5.06. The van der Waals surface area contributed by atoms with Crippen molar-refractivity contribution >= 4 is 0 Å². The van der Waals surface area contributed by atoms with Crippen LogP contribution in [-0.4, -0.2) is 45.5 Å². The molecule has 1 rings (SSSR count). The highest BCUT2D eigenvalue weighted by atomic mass is 16.3. The fourth-order valence-corrected chi connectivity index (χ4v) is 1.42. The first-order chi connectivity index (χ1) is 6.76. The molecule has 79 valence electrons. The molecule has 1 radical (unpaired) electrons. The van der Waals surface area contributed by atoms with Crippen LogP contribution in [0.4, 0.5) is 0 Å². The van der Waals surface area contributed by atoms with Crippen LogP contribution >= 0.6 is 0 Å². The van der Waals surface area contributed by atoms with Crippen LogP contribution < -0.4 is 0 Å². The Hall–Kier alpha value is -0.870. The highest BCUT2D eigenvalue weighted by Crippen LogP contribution is 1.95. The van der Waals surface area contributed by atoms with Crippen molar-refractivity contribution in [3.63, 3.8) is 0 Å². The lowest BCUT2D eigenvalue weighted by Crippen LogP contribution is -2.34. The van der Waals surface area contributed by atoms with E-state index in [0.29, 0.717) is 13.1 Å². The van der Waals surface area contributed by atoms with E-state index in [1.807, 2.05) is 6.20 Å². The lowest BCUT2D eigenvalue weighted by Gasteiger charge is -2.21. The Bertz CT molecular complexity index is 232. The highest BCUT2D eigenvalue weighted by Gasteiger charge is 2.09. The summed E-state index contributed by atoms with van der Waals surface area (Å²) in [7, 11) is 0. The molecule has 0 saturated carbocycles. The van der Waals surface area contributed by atoms with E-state index in [0.717, 1.165) is 13.1 Å². The smallest absolute Gasteiger partial charge is 0.113 e. The van der Waals surface area contributed by atoms with Crippen LogP contribution in [0.1, 0.15) is 13.8 Å². The zero-order chi connectivity index (χ0) is 10.4. The molecular formula is C10H18N3O. The molecule has 4 nitrogen and oxygen atoms in total. The summed E-state index contributed by atoms with van der Waals surface area (Å²) in [5.74, 6) is 0. The minimum Gasteiger partial charge on any atom is -0.390 e. The van der Waals surface area contributed by atoms with Crippen molar-refractivity contribution in [3.05, 3.63) is 18.5 Å². The van der Waals surface area contributed by atoms with Gasteiger partial charge < -0.3 is 10.0 Å². The van der Waals surface area contributed by atoms with Crippen LogP contribution in [0.5, 0.6) is 0 Å². The molecule has 0 aliphatic rings. The number of aromatic nitrogens is 2. The van der Waals surface area contributed by atoms with Gasteiger partial charge in [0.2, 0.25) is 0 Å². The Kier molecular flexibility index (Phi) is 4.62. The van der Waals surface area contributed by atoms with Gasteiger partial charge >= 0.3 is 0 Å². The molecule has 4 heteroatoms. The fourth-order valence-electron chi connectivity index (χ4n) is 1.42. The molecule has 1 aromatic heterocycles. The second kappa shape index (κ2) is 5.78. The van der Waals surface area contributed by atoms with Gasteiger partial charge in [-0.3, -0.25) is 4.68 Å². The van der Waals surface area contributed by atoms with E-state index in [4.69, 9.17) is 0 Å². The molecule has 0 aliphatic carbocycles. The molecular weight excluding hydrogens is 178 g/mol. The summed E-state index contributed by atoms with van der Waals surface area (Å²) in [5, 5.41) is 13.7. The van der Waals surface area contributed by atoms with Crippen molar-refractivity contribution in [2.45, 2.75) is 26.5 Å². The number of hydrogen-bond acceptors (Lipinski definition) is 3. The van der Waals surface area contributed by atoms with Crippen molar-refractivity contribution in [3.8, 4) is 0 Å². The fraction of sp³-hybridized carbons (Fsp3) is 0.700. The maximum absolute atomic E-state index is 9.74. The summed E-state index contributed by atoms with van der Waals surface area (Å²) in [5.41, 5.74) is 0. The summed E-state index contributed by atoms with van der Waals surface area (Å²) >= 11 is 0. The third-order valence-corrected chi connectivity index (χ3v) is 2.27. The monoisotopic (exact) mass is 196 g/mol. The van der Waals surface area contributed by atoms with Crippen LogP contribution in [0.2, 0.25) is 0 Å². The van der Waals surface area contributed by atoms with E-state index in [1.165, 1.54) is 0 Å². The highest BCUT2D eigenvalue weighted by molar-refractivity contribution is 4.77. The first-order valence-electron chi connectivity index (χ1n) is 5.06. The molecule has 0 saturated heterocycles.